The number of hydrogen-bond donors (Lipinski definition) is 1. The van der Waals surface area contributed by atoms with Crippen molar-refractivity contribution in [3.63, 3.8) is 0 Å². The molecule has 3 heterocycles. The summed E-state index contributed by atoms with van der Waals surface area (Å²) in [5.41, 5.74) is 0.822. The normalized spacial score (nSPS) is 25.6. The molecule has 0 amide bonds. The van der Waals surface area contributed by atoms with Gasteiger partial charge in [0.05, 0.1) is 12.8 Å². The molecule has 3 aliphatic rings. The van der Waals surface area contributed by atoms with Crippen molar-refractivity contribution in [2.24, 2.45) is 17.8 Å². The summed E-state index contributed by atoms with van der Waals surface area (Å²) in [5, 5.41) is 11.3. The van der Waals surface area contributed by atoms with Gasteiger partial charge in [0.25, 0.3) is 0 Å². The van der Waals surface area contributed by atoms with E-state index >= 15 is 0 Å². The van der Waals surface area contributed by atoms with E-state index in [2.05, 4.69) is 20.4 Å². The molecule has 3 fully saturated rings. The Morgan fingerprint density at radius 3 is 2.43 bits per heavy atom. The molecule has 9 heteroatoms. The van der Waals surface area contributed by atoms with E-state index in [-0.39, 0.29) is 17.6 Å². The van der Waals surface area contributed by atoms with Crippen LogP contribution in [0.2, 0.25) is 0 Å². The topological polar surface area (TPSA) is 59.5 Å². The third-order valence-corrected chi connectivity index (χ3v) is 7.83. The molecule has 2 aromatic rings. The van der Waals surface area contributed by atoms with E-state index in [0.717, 1.165) is 70.2 Å². The van der Waals surface area contributed by atoms with E-state index in [0.29, 0.717) is 29.1 Å². The van der Waals surface area contributed by atoms with Gasteiger partial charge in [-0.05, 0) is 80.2 Å². The van der Waals surface area contributed by atoms with Crippen molar-refractivity contribution < 1.29 is 22.6 Å². The number of rotatable bonds is 6. The highest BCUT2D eigenvalue weighted by Gasteiger charge is 2.43. The van der Waals surface area contributed by atoms with Gasteiger partial charge in [0.2, 0.25) is 0 Å². The number of aryl methyl sites for hydroxylation is 1. The Balaban J connectivity index is 1.26. The lowest BCUT2D eigenvalue weighted by atomic mass is 10.00. The molecule has 1 aliphatic carbocycles. The third kappa shape index (κ3) is 5.40. The zero-order valence-electron chi connectivity index (χ0n) is 20.3. The minimum Gasteiger partial charge on any atom is -0.497 e. The summed E-state index contributed by atoms with van der Waals surface area (Å²) >= 11 is 0. The molecule has 0 spiro atoms. The van der Waals surface area contributed by atoms with E-state index in [1.165, 1.54) is 0 Å². The van der Waals surface area contributed by atoms with Crippen LogP contribution in [0, 0.1) is 24.7 Å². The van der Waals surface area contributed by atoms with Crippen LogP contribution in [0.25, 0.3) is 11.3 Å². The fraction of sp³-hybridized carbons (Fsp3) is 0.615. The van der Waals surface area contributed by atoms with Crippen molar-refractivity contribution in [2.45, 2.75) is 44.8 Å². The number of aromatic nitrogens is 2. The van der Waals surface area contributed by atoms with Crippen molar-refractivity contribution in [1.82, 2.24) is 15.1 Å². The van der Waals surface area contributed by atoms with E-state index < -0.39 is 11.7 Å². The molecule has 1 saturated carbocycles. The molecular weight excluding hydrogens is 457 g/mol. The standard InChI is InChI=1S/C26H33F3N4O2/c1-16-9-21(34-2)3-4-22(16)24-12-23(26(27,28)29)25(32-31-24)30-20-10-18-14-33(15-19(18)11-20)13-17-5-7-35-8-6-17/h3-4,9,12,17-20H,5-8,10-11,13-15H2,1-2H3,(H,30,32)/t18-,19+,20+. The molecule has 2 saturated heterocycles. The van der Waals surface area contributed by atoms with Gasteiger partial charge in [-0.3, -0.25) is 0 Å². The van der Waals surface area contributed by atoms with Crippen LogP contribution in [-0.4, -0.2) is 61.1 Å². The molecule has 5 rings (SSSR count). The highest BCUT2D eigenvalue weighted by molar-refractivity contribution is 5.66. The van der Waals surface area contributed by atoms with E-state index in [4.69, 9.17) is 9.47 Å². The van der Waals surface area contributed by atoms with Gasteiger partial charge in [0.1, 0.15) is 11.3 Å². The number of ether oxygens (including phenoxy) is 2. The number of anilines is 1. The Labute approximate surface area is 204 Å². The van der Waals surface area contributed by atoms with Gasteiger partial charge in [0.15, 0.2) is 5.82 Å². The molecule has 6 nitrogen and oxygen atoms in total. The number of halogens is 3. The zero-order chi connectivity index (χ0) is 24.6. The molecule has 1 N–H and O–H groups in total. The van der Waals surface area contributed by atoms with Crippen LogP contribution >= 0.6 is 0 Å². The Morgan fingerprint density at radius 1 is 1.09 bits per heavy atom. The maximum atomic E-state index is 14.0. The molecule has 35 heavy (non-hydrogen) atoms. The molecular formula is C26H33F3N4O2. The number of hydrogen-bond acceptors (Lipinski definition) is 6. The molecule has 0 unspecified atom stereocenters. The third-order valence-electron chi connectivity index (χ3n) is 7.83. The number of benzene rings is 1. The van der Waals surface area contributed by atoms with Crippen molar-refractivity contribution >= 4 is 5.82 Å². The molecule has 0 radical (unpaired) electrons. The predicted molar refractivity (Wildman–Crippen MR) is 127 cm³/mol. The quantitative estimate of drug-likeness (QED) is 0.613. The Morgan fingerprint density at radius 2 is 1.80 bits per heavy atom. The van der Waals surface area contributed by atoms with Gasteiger partial charge in [-0.25, -0.2) is 0 Å². The number of likely N-dealkylation sites (tertiary alicyclic amines) is 1. The summed E-state index contributed by atoms with van der Waals surface area (Å²) < 4.78 is 52.7. The van der Waals surface area contributed by atoms with E-state index in [1.807, 2.05) is 6.92 Å². The number of alkyl halides is 3. The average Bonchev–Trinajstić information content (AvgIpc) is 3.37. The monoisotopic (exact) mass is 490 g/mol. The molecule has 1 aromatic carbocycles. The largest absolute Gasteiger partial charge is 0.497 e. The van der Waals surface area contributed by atoms with Gasteiger partial charge in [-0.1, -0.05) is 0 Å². The lowest BCUT2D eigenvalue weighted by Crippen LogP contribution is -2.32. The highest BCUT2D eigenvalue weighted by Crippen LogP contribution is 2.42. The summed E-state index contributed by atoms with van der Waals surface area (Å²) in [7, 11) is 1.55. The highest BCUT2D eigenvalue weighted by atomic mass is 19.4. The lowest BCUT2D eigenvalue weighted by Gasteiger charge is -2.28. The number of fused-ring (bicyclic) bond motifs is 1. The van der Waals surface area contributed by atoms with Crippen molar-refractivity contribution in [1.29, 1.82) is 0 Å². The fourth-order valence-electron chi connectivity index (χ4n) is 6.05. The molecule has 1 aromatic heterocycles. The second kappa shape index (κ2) is 9.93. The summed E-state index contributed by atoms with van der Waals surface area (Å²) in [6, 6.07) is 6.30. The SMILES string of the molecule is COc1ccc(-c2cc(C(F)(F)F)c(N[C@H]3C[C@@H]4CN(CC5CCOCC5)C[C@@H]4C3)nn2)c(C)c1. The average molecular weight is 491 g/mol. The molecule has 3 atom stereocenters. The van der Waals surface area contributed by atoms with Crippen LogP contribution in [0.3, 0.4) is 0 Å². The summed E-state index contributed by atoms with van der Waals surface area (Å²) in [4.78, 5) is 2.55. The molecule has 2 aliphatic heterocycles. The van der Waals surface area contributed by atoms with Crippen LogP contribution in [0.4, 0.5) is 19.0 Å². The van der Waals surface area contributed by atoms with Gasteiger partial charge >= 0.3 is 6.18 Å². The first-order valence-corrected chi connectivity index (χ1v) is 12.5. The smallest absolute Gasteiger partial charge is 0.420 e. The number of nitrogens with one attached hydrogen (secondary N) is 1. The minimum atomic E-state index is -4.53. The molecule has 0 bridgehead atoms. The first-order valence-electron chi connectivity index (χ1n) is 12.5. The van der Waals surface area contributed by atoms with Crippen LogP contribution in [0.5, 0.6) is 5.75 Å². The van der Waals surface area contributed by atoms with E-state index in [1.54, 1.807) is 25.3 Å². The Bertz CT molecular complexity index is 1030. The zero-order valence-corrected chi connectivity index (χ0v) is 20.3. The first kappa shape index (κ1) is 24.3. The van der Waals surface area contributed by atoms with Crippen LogP contribution < -0.4 is 10.1 Å². The number of methoxy groups -OCH3 is 1. The summed E-state index contributed by atoms with van der Waals surface area (Å²) in [6.07, 6.45) is -0.537. The minimum absolute atomic E-state index is 0.0146. The maximum absolute atomic E-state index is 14.0. The van der Waals surface area contributed by atoms with Crippen LogP contribution in [-0.2, 0) is 10.9 Å². The first-order chi connectivity index (χ1) is 16.8. The number of nitrogens with zero attached hydrogens (tertiary/aromatic N) is 3. The second-order valence-electron chi connectivity index (χ2n) is 10.3. The van der Waals surface area contributed by atoms with E-state index in [9.17, 15) is 13.2 Å². The maximum Gasteiger partial charge on any atom is 0.420 e. The van der Waals surface area contributed by atoms with Crippen molar-refractivity contribution in [2.75, 3.05) is 45.3 Å². The summed E-state index contributed by atoms with van der Waals surface area (Å²) in [6.45, 7) is 6.72. The van der Waals surface area contributed by atoms with Gasteiger partial charge in [-0.15, -0.1) is 10.2 Å². The Hall–Kier alpha value is -2.39. The second-order valence-corrected chi connectivity index (χ2v) is 10.3. The fourth-order valence-corrected chi connectivity index (χ4v) is 6.05. The van der Waals surface area contributed by atoms with Gasteiger partial charge in [-0.2, -0.15) is 13.2 Å². The molecule has 190 valence electrons. The van der Waals surface area contributed by atoms with Gasteiger partial charge in [0, 0.05) is 44.5 Å². The van der Waals surface area contributed by atoms with Crippen molar-refractivity contribution in [3.05, 3.63) is 35.4 Å². The van der Waals surface area contributed by atoms with Gasteiger partial charge < -0.3 is 19.7 Å². The Kier molecular flexibility index (Phi) is 6.90. The van der Waals surface area contributed by atoms with Crippen molar-refractivity contribution in [3.8, 4) is 17.0 Å². The lowest BCUT2D eigenvalue weighted by molar-refractivity contribution is -0.137. The van der Waals surface area contributed by atoms with Crippen LogP contribution in [0.1, 0.15) is 36.8 Å². The van der Waals surface area contributed by atoms with Crippen LogP contribution in [0.15, 0.2) is 24.3 Å². The predicted octanol–water partition coefficient (Wildman–Crippen LogP) is 5.03. The summed E-state index contributed by atoms with van der Waals surface area (Å²) in [5.74, 6) is 2.23.